The minimum absolute atomic E-state index is 0.130. The van der Waals surface area contributed by atoms with Gasteiger partial charge in [0.2, 0.25) is 0 Å². The molecule has 4 N–H and O–H groups in total. The Bertz CT molecular complexity index is 603. The second kappa shape index (κ2) is 8.62. The minimum Gasteiger partial charge on any atom is -0.461 e. The van der Waals surface area contributed by atoms with Gasteiger partial charge in [-0.2, -0.15) is 0 Å². The Morgan fingerprint density at radius 3 is 2.67 bits per heavy atom. The number of carbonyl (C=O) groups excluding carboxylic acids is 1. The lowest BCUT2D eigenvalue weighted by Gasteiger charge is -2.31. The van der Waals surface area contributed by atoms with Crippen LogP contribution in [0.3, 0.4) is 0 Å². The van der Waals surface area contributed by atoms with E-state index in [2.05, 4.69) is 0 Å². The molecule has 1 aromatic carbocycles. The standard InChI is InChI=1S/C16H23FN4O3/c1-2-24-16(22)15(18)14(11-20-7-9-23-10-8-20)21(19)13-6-4-3-5-12(13)17/h3-6H,2,7-11,18-19H2,1H3/b15-14-. The van der Waals surface area contributed by atoms with Gasteiger partial charge in [-0.25, -0.2) is 15.0 Å². The van der Waals surface area contributed by atoms with Crippen LogP contribution in [0.5, 0.6) is 0 Å². The van der Waals surface area contributed by atoms with Gasteiger partial charge >= 0.3 is 5.97 Å². The summed E-state index contributed by atoms with van der Waals surface area (Å²) in [5.41, 5.74) is 6.25. The normalized spacial score (nSPS) is 16.5. The van der Waals surface area contributed by atoms with Gasteiger partial charge < -0.3 is 15.2 Å². The van der Waals surface area contributed by atoms with Crippen LogP contribution in [0.2, 0.25) is 0 Å². The molecule has 132 valence electrons. The van der Waals surface area contributed by atoms with Crippen LogP contribution in [0, 0.1) is 5.82 Å². The third kappa shape index (κ3) is 4.44. The first-order valence-corrected chi connectivity index (χ1v) is 7.79. The van der Waals surface area contributed by atoms with E-state index in [9.17, 15) is 9.18 Å². The zero-order valence-corrected chi connectivity index (χ0v) is 13.7. The second-order valence-electron chi connectivity index (χ2n) is 5.29. The van der Waals surface area contributed by atoms with Gasteiger partial charge in [-0.15, -0.1) is 0 Å². The number of esters is 1. The molecule has 0 unspecified atom stereocenters. The lowest BCUT2D eigenvalue weighted by Crippen LogP contribution is -2.44. The Morgan fingerprint density at radius 1 is 1.38 bits per heavy atom. The number of hydrogen-bond donors (Lipinski definition) is 2. The predicted molar refractivity (Wildman–Crippen MR) is 88.2 cm³/mol. The van der Waals surface area contributed by atoms with Gasteiger partial charge in [-0.05, 0) is 19.1 Å². The Morgan fingerprint density at radius 2 is 2.04 bits per heavy atom. The molecule has 0 aromatic heterocycles. The number of nitrogens with zero attached hydrogens (tertiary/aromatic N) is 2. The number of benzene rings is 1. The van der Waals surface area contributed by atoms with E-state index in [0.717, 1.165) is 5.01 Å². The quantitative estimate of drug-likeness (QED) is 0.339. The van der Waals surface area contributed by atoms with Crippen molar-refractivity contribution < 1.29 is 18.7 Å². The molecular weight excluding hydrogens is 315 g/mol. The number of carbonyl (C=O) groups is 1. The average Bonchev–Trinajstić information content (AvgIpc) is 2.60. The van der Waals surface area contributed by atoms with Crippen molar-refractivity contribution in [1.82, 2.24) is 4.90 Å². The number of para-hydroxylation sites is 1. The van der Waals surface area contributed by atoms with Crippen LogP contribution in [-0.2, 0) is 14.3 Å². The fourth-order valence-corrected chi connectivity index (χ4v) is 2.38. The summed E-state index contributed by atoms with van der Waals surface area (Å²) in [6, 6.07) is 6.03. The fourth-order valence-electron chi connectivity index (χ4n) is 2.38. The lowest BCUT2D eigenvalue weighted by atomic mass is 10.2. The molecule has 7 nitrogen and oxygen atoms in total. The molecule has 0 aliphatic carbocycles. The van der Waals surface area contributed by atoms with E-state index in [-0.39, 0.29) is 18.0 Å². The first-order chi connectivity index (χ1) is 11.5. The summed E-state index contributed by atoms with van der Waals surface area (Å²) in [7, 11) is 0. The number of anilines is 1. The number of hydrogen-bond acceptors (Lipinski definition) is 7. The molecule has 0 atom stereocenters. The Kier molecular flexibility index (Phi) is 6.53. The summed E-state index contributed by atoms with van der Waals surface area (Å²) in [4.78, 5) is 14.1. The van der Waals surface area contributed by atoms with Gasteiger partial charge in [0, 0.05) is 19.6 Å². The van der Waals surface area contributed by atoms with Gasteiger partial charge in [0.1, 0.15) is 11.5 Å². The van der Waals surface area contributed by atoms with Crippen LogP contribution < -0.4 is 16.6 Å². The highest BCUT2D eigenvalue weighted by Crippen LogP contribution is 2.21. The lowest BCUT2D eigenvalue weighted by molar-refractivity contribution is -0.138. The molecule has 0 bridgehead atoms. The van der Waals surface area contributed by atoms with E-state index in [1.165, 1.54) is 12.1 Å². The predicted octanol–water partition coefficient (Wildman–Crippen LogP) is 0.571. The van der Waals surface area contributed by atoms with Gasteiger partial charge in [0.25, 0.3) is 0 Å². The average molecular weight is 338 g/mol. The summed E-state index contributed by atoms with van der Waals surface area (Å²) < 4.78 is 24.3. The minimum atomic E-state index is -0.674. The van der Waals surface area contributed by atoms with Crippen molar-refractivity contribution >= 4 is 11.7 Å². The van der Waals surface area contributed by atoms with E-state index in [4.69, 9.17) is 21.1 Å². The maximum Gasteiger partial charge on any atom is 0.356 e. The molecule has 24 heavy (non-hydrogen) atoms. The summed E-state index contributed by atoms with van der Waals surface area (Å²) in [5, 5.41) is 1.11. The number of ether oxygens (including phenoxy) is 2. The molecular formula is C16H23FN4O3. The zero-order valence-electron chi connectivity index (χ0n) is 13.7. The van der Waals surface area contributed by atoms with Crippen LogP contribution in [0.4, 0.5) is 10.1 Å². The van der Waals surface area contributed by atoms with Gasteiger partial charge in [-0.3, -0.25) is 9.91 Å². The molecule has 1 aromatic rings. The number of morpholine rings is 1. The number of rotatable bonds is 6. The van der Waals surface area contributed by atoms with Crippen LogP contribution in [-0.4, -0.2) is 50.3 Å². The smallest absolute Gasteiger partial charge is 0.356 e. The maximum absolute atomic E-state index is 14.1. The molecule has 0 radical (unpaired) electrons. The molecule has 1 saturated heterocycles. The number of hydrazine groups is 1. The second-order valence-corrected chi connectivity index (χ2v) is 5.29. The van der Waals surface area contributed by atoms with Gasteiger partial charge in [-0.1, -0.05) is 12.1 Å². The summed E-state index contributed by atoms with van der Waals surface area (Å²) in [5.74, 6) is 4.90. The van der Waals surface area contributed by atoms with E-state index in [1.807, 2.05) is 4.90 Å². The van der Waals surface area contributed by atoms with Crippen molar-refractivity contribution in [2.45, 2.75) is 6.92 Å². The van der Waals surface area contributed by atoms with Crippen molar-refractivity contribution in [3.63, 3.8) is 0 Å². The molecule has 1 aliphatic rings. The summed E-state index contributed by atoms with van der Waals surface area (Å²) >= 11 is 0. The largest absolute Gasteiger partial charge is 0.461 e. The Hall–Kier alpha value is -2.16. The van der Waals surface area contributed by atoms with Crippen molar-refractivity contribution in [3.8, 4) is 0 Å². The molecule has 1 aliphatic heterocycles. The van der Waals surface area contributed by atoms with Crippen molar-refractivity contribution in [1.29, 1.82) is 0 Å². The van der Waals surface area contributed by atoms with Crippen LogP contribution in [0.15, 0.2) is 35.7 Å². The number of nitrogens with two attached hydrogens (primary N) is 2. The van der Waals surface area contributed by atoms with Crippen molar-refractivity contribution in [2.24, 2.45) is 11.6 Å². The molecule has 2 rings (SSSR count). The van der Waals surface area contributed by atoms with Crippen LogP contribution in [0.25, 0.3) is 0 Å². The third-order valence-corrected chi connectivity index (χ3v) is 3.69. The third-order valence-electron chi connectivity index (χ3n) is 3.69. The van der Waals surface area contributed by atoms with Gasteiger partial charge in [0.05, 0.1) is 31.2 Å². The monoisotopic (exact) mass is 338 g/mol. The zero-order chi connectivity index (χ0) is 17.5. The highest BCUT2D eigenvalue weighted by atomic mass is 19.1. The van der Waals surface area contributed by atoms with E-state index < -0.39 is 11.8 Å². The molecule has 0 saturated carbocycles. The first-order valence-electron chi connectivity index (χ1n) is 7.79. The molecule has 1 heterocycles. The summed E-state index contributed by atoms with van der Waals surface area (Å²) in [6.07, 6.45) is 0. The Labute approximate surface area is 140 Å². The highest BCUT2D eigenvalue weighted by molar-refractivity contribution is 5.89. The molecule has 8 heteroatoms. The van der Waals surface area contributed by atoms with Crippen LogP contribution >= 0.6 is 0 Å². The fraction of sp³-hybridized carbons (Fsp3) is 0.438. The topological polar surface area (TPSA) is 94.0 Å². The van der Waals surface area contributed by atoms with E-state index >= 15 is 0 Å². The number of halogens is 1. The van der Waals surface area contributed by atoms with Crippen molar-refractivity contribution in [3.05, 3.63) is 41.5 Å². The Balaban J connectivity index is 2.32. The van der Waals surface area contributed by atoms with E-state index in [1.54, 1.807) is 19.1 Å². The van der Waals surface area contributed by atoms with Crippen molar-refractivity contribution in [2.75, 3.05) is 44.5 Å². The molecule has 0 spiro atoms. The molecule has 1 fully saturated rings. The first kappa shape index (κ1) is 18.2. The molecule has 0 amide bonds. The van der Waals surface area contributed by atoms with Crippen LogP contribution in [0.1, 0.15) is 6.92 Å². The highest BCUT2D eigenvalue weighted by Gasteiger charge is 2.23. The summed E-state index contributed by atoms with van der Waals surface area (Å²) in [6.45, 7) is 4.67. The maximum atomic E-state index is 14.1. The SMILES string of the molecule is CCOC(=O)/C(N)=C(\CN1CCOCC1)N(N)c1ccccc1F. The van der Waals surface area contributed by atoms with Gasteiger partial charge in [0.15, 0.2) is 0 Å². The van der Waals surface area contributed by atoms with E-state index in [0.29, 0.717) is 38.5 Å².